The van der Waals surface area contributed by atoms with E-state index in [0.29, 0.717) is 16.9 Å². The number of hydrogen-bond donors (Lipinski definition) is 2. The van der Waals surface area contributed by atoms with Crippen molar-refractivity contribution >= 4 is 33.4 Å². The Morgan fingerprint density at radius 3 is 2.81 bits per heavy atom. The third kappa shape index (κ3) is 2.33. The van der Waals surface area contributed by atoms with Crippen LogP contribution in [0.2, 0.25) is 0 Å². The van der Waals surface area contributed by atoms with Crippen LogP contribution in [-0.2, 0) is 0 Å². The minimum absolute atomic E-state index is 0.147. The molecule has 0 aliphatic heterocycles. The van der Waals surface area contributed by atoms with Crippen LogP contribution in [0, 0.1) is 6.92 Å². The summed E-state index contributed by atoms with van der Waals surface area (Å²) in [7, 11) is 0. The minimum Gasteiger partial charge on any atom is -0.345 e. The van der Waals surface area contributed by atoms with Gasteiger partial charge in [0, 0.05) is 28.1 Å². The lowest BCUT2D eigenvalue weighted by Gasteiger charge is -2.09. The monoisotopic (exact) mass is 359 g/mol. The number of hydrogen-bond acceptors (Lipinski definition) is 5. The minimum atomic E-state index is -0.147. The van der Waals surface area contributed by atoms with E-state index in [1.807, 2.05) is 24.3 Å². The van der Waals surface area contributed by atoms with Gasteiger partial charge in [0.25, 0.3) is 0 Å². The quantitative estimate of drug-likeness (QED) is 0.500. The zero-order valence-electron chi connectivity index (χ0n) is 13.8. The Hall–Kier alpha value is -3.32. The molecule has 4 heterocycles. The summed E-state index contributed by atoms with van der Waals surface area (Å²) in [5, 5.41) is 8.00. The first-order chi connectivity index (χ1) is 12.7. The summed E-state index contributed by atoms with van der Waals surface area (Å²) >= 11 is 1.65. The van der Waals surface area contributed by atoms with Crippen molar-refractivity contribution in [3.8, 4) is 21.8 Å². The summed E-state index contributed by atoms with van der Waals surface area (Å²) in [6.45, 7) is 2.06. The molecule has 126 valence electrons. The maximum Gasteiger partial charge on any atom is 0.209 e. The molecule has 1 aromatic carbocycles. The van der Waals surface area contributed by atoms with E-state index in [1.165, 1.54) is 10.9 Å². The van der Waals surface area contributed by atoms with Crippen molar-refractivity contribution in [3.63, 3.8) is 0 Å². The Labute approximate surface area is 151 Å². The molecule has 0 fully saturated rings. The maximum atomic E-state index is 12.3. The molecule has 6 nitrogen and oxygen atoms in total. The van der Waals surface area contributed by atoms with Gasteiger partial charge in [0.1, 0.15) is 5.69 Å². The SMILES string of the molecule is Cc1ccc(-c2nc3[nH]ccc(=O)c3nc2-c2ccc3[nH]ncc3c2)s1. The molecule has 2 N–H and O–H groups in total. The van der Waals surface area contributed by atoms with Gasteiger partial charge in [0.2, 0.25) is 5.43 Å². The number of rotatable bonds is 2. The summed E-state index contributed by atoms with van der Waals surface area (Å²) < 4.78 is 0. The van der Waals surface area contributed by atoms with Gasteiger partial charge in [0.05, 0.1) is 22.3 Å². The van der Waals surface area contributed by atoms with Crippen molar-refractivity contribution < 1.29 is 0 Å². The molecule has 0 unspecified atom stereocenters. The van der Waals surface area contributed by atoms with Gasteiger partial charge >= 0.3 is 0 Å². The second kappa shape index (κ2) is 5.60. The molecular weight excluding hydrogens is 346 g/mol. The first-order valence-corrected chi connectivity index (χ1v) is 8.90. The molecule has 0 radical (unpaired) electrons. The fourth-order valence-corrected chi connectivity index (χ4v) is 3.87. The van der Waals surface area contributed by atoms with Crippen molar-refractivity contribution in [3.05, 3.63) is 63.9 Å². The van der Waals surface area contributed by atoms with Crippen LogP contribution in [0.25, 0.3) is 43.9 Å². The van der Waals surface area contributed by atoms with Gasteiger partial charge in [-0.25, -0.2) is 9.97 Å². The number of pyridine rings is 1. The van der Waals surface area contributed by atoms with Crippen molar-refractivity contribution in [2.24, 2.45) is 0 Å². The predicted octanol–water partition coefficient (Wildman–Crippen LogP) is 3.90. The number of nitrogens with zero attached hydrogens (tertiary/aromatic N) is 3. The van der Waals surface area contributed by atoms with Gasteiger partial charge in [-0.3, -0.25) is 9.89 Å². The smallest absolute Gasteiger partial charge is 0.209 e. The molecule has 5 aromatic rings. The number of aromatic amines is 2. The van der Waals surface area contributed by atoms with E-state index >= 15 is 0 Å². The third-order valence-corrected chi connectivity index (χ3v) is 5.28. The van der Waals surface area contributed by atoms with Crippen LogP contribution in [-0.4, -0.2) is 25.1 Å². The molecule has 0 aliphatic carbocycles. The highest BCUT2D eigenvalue weighted by Crippen LogP contribution is 2.35. The highest BCUT2D eigenvalue weighted by Gasteiger charge is 2.16. The van der Waals surface area contributed by atoms with Crippen molar-refractivity contribution in [1.29, 1.82) is 0 Å². The first kappa shape index (κ1) is 15.0. The van der Waals surface area contributed by atoms with Crippen LogP contribution in [0.1, 0.15) is 4.88 Å². The van der Waals surface area contributed by atoms with Gasteiger partial charge in [-0.1, -0.05) is 6.07 Å². The molecule has 7 heteroatoms. The third-order valence-electron chi connectivity index (χ3n) is 4.27. The largest absolute Gasteiger partial charge is 0.345 e. The standard InChI is InChI=1S/C19H13N5OS/c1-10-2-5-15(26-10)18-16(11-3-4-13-12(8-11)9-21-24-13)22-17-14(25)6-7-20-19(17)23-18/h2-9H,1H3,(H,21,24)(H,20,23,25). The van der Waals surface area contributed by atoms with Crippen LogP contribution in [0.3, 0.4) is 0 Å². The number of thiophene rings is 1. The molecule has 5 rings (SSSR count). The van der Waals surface area contributed by atoms with E-state index in [0.717, 1.165) is 27.0 Å². The summed E-state index contributed by atoms with van der Waals surface area (Å²) in [5.74, 6) is 0. The zero-order chi connectivity index (χ0) is 17.7. The van der Waals surface area contributed by atoms with Crippen molar-refractivity contribution in [2.75, 3.05) is 0 Å². The molecular formula is C19H13N5OS. The van der Waals surface area contributed by atoms with E-state index in [2.05, 4.69) is 28.2 Å². The van der Waals surface area contributed by atoms with Gasteiger partial charge in [-0.05, 0) is 31.2 Å². The van der Waals surface area contributed by atoms with E-state index in [1.54, 1.807) is 23.7 Å². The molecule has 0 saturated carbocycles. The average molecular weight is 359 g/mol. The summed E-state index contributed by atoms with van der Waals surface area (Å²) in [4.78, 5) is 26.9. The van der Waals surface area contributed by atoms with Gasteiger partial charge in [-0.15, -0.1) is 11.3 Å². The van der Waals surface area contributed by atoms with Crippen molar-refractivity contribution in [2.45, 2.75) is 6.92 Å². The molecule has 0 amide bonds. The fourth-order valence-electron chi connectivity index (χ4n) is 3.01. The van der Waals surface area contributed by atoms with E-state index < -0.39 is 0 Å². The van der Waals surface area contributed by atoms with Gasteiger partial charge < -0.3 is 4.98 Å². The highest BCUT2D eigenvalue weighted by atomic mass is 32.1. The molecule has 0 bridgehead atoms. The molecule has 4 aromatic heterocycles. The molecule has 0 saturated heterocycles. The van der Waals surface area contributed by atoms with Gasteiger partial charge in [0.15, 0.2) is 11.2 Å². The Kier molecular flexibility index (Phi) is 3.23. The number of nitrogens with one attached hydrogen (secondary N) is 2. The second-order valence-electron chi connectivity index (χ2n) is 6.04. The summed E-state index contributed by atoms with van der Waals surface area (Å²) in [6.07, 6.45) is 3.37. The maximum absolute atomic E-state index is 12.3. The Morgan fingerprint density at radius 2 is 1.96 bits per heavy atom. The number of H-pyrrole nitrogens is 2. The highest BCUT2D eigenvalue weighted by molar-refractivity contribution is 7.15. The topological polar surface area (TPSA) is 87.3 Å². The summed E-state index contributed by atoms with van der Waals surface area (Å²) in [5.41, 5.74) is 4.00. The Bertz CT molecular complexity index is 1330. The Balaban J connectivity index is 1.86. The van der Waals surface area contributed by atoms with Crippen LogP contribution in [0.4, 0.5) is 0 Å². The normalized spacial score (nSPS) is 11.4. The van der Waals surface area contributed by atoms with Gasteiger partial charge in [-0.2, -0.15) is 5.10 Å². The lowest BCUT2D eigenvalue weighted by atomic mass is 10.1. The fraction of sp³-hybridized carbons (Fsp3) is 0.0526. The van der Waals surface area contributed by atoms with E-state index in [4.69, 9.17) is 9.97 Å². The molecule has 0 atom stereocenters. The second-order valence-corrected chi connectivity index (χ2v) is 7.33. The summed E-state index contributed by atoms with van der Waals surface area (Å²) in [6, 6.07) is 11.5. The first-order valence-electron chi connectivity index (χ1n) is 8.09. The molecule has 0 spiro atoms. The van der Waals surface area contributed by atoms with E-state index in [-0.39, 0.29) is 5.43 Å². The van der Waals surface area contributed by atoms with Crippen molar-refractivity contribution in [1.82, 2.24) is 25.1 Å². The predicted molar refractivity (Wildman–Crippen MR) is 103 cm³/mol. The van der Waals surface area contributed by atoms with E-state index in [9.17, 15) is 4.79 Å². The average Bonchev–Trinajstić information content (AvgIpc) is 3.29. The number of aryl methyl sites for hydroxylation is 1. The lowest BCUT2D eigenvalue weighted by molar-refractivity contribution is 1.12. The van der Waals surface area contributed by atoms with Crippen LogP contribution in [0.5, 0.6) is 0 Å². The zero-order valence-corrected chi connectivity index (χ0v) is 14.6. The number of aromatic nitrogens is 5. The molecule has 26 heavy (non-hydrogen) atoms. The Morgan fingerprint density at radius 1 is 1.04 bits per heavy atom. The lowest BCUT2D eigenvalue weighted by Crippen LogP contribution is -2.06. The van der Waals surface area contributed by atoms with Crippen LogP contribution < -0.4 is 5.43 Å². The van der Waals surface area contributed by atoms with Crippen LogP contribution in [0.15, 0.2) is 53.6 Å². The molecule has 0 aliphatic rings. The number of benzene rings is 1. The van der Waals surface area contributed by atoms with Crippen LogP contribution >= 0.6 is 11.3 Å². The number of fused-ring (bicyclic) bond motifs is 2.